The molecule has 2 N–H and O–H groups in total. The predicted molar refractivity (Wildman–Crippen MR) is 94.9 cm³/mol. The van der Waals surface area contributed by atoms with Crippen molar-refractivity contribution in [3.63, 3.8) is 0 Å². The Balaban J connectivity index is 1.73. The summed E-state index contributed by atoms with van der Waals surface area (Å²) in [5.74, 6) is 1.31. The summed E-state index contributed by atoms with van der Waals surface area (Å²) in [7, 11) is 0. The Hall–Kier alpha value is -1.84. The van der Waals surface area contributed by atoms with Crippen molar-refractivity contribution in [1.82, 2.24) is 5.32 Å². The highest BCUT2D eigenvalue weighted by molar-refractivity contribution is 5.28. The van der Waals surface area contributed by atoms with Gasteiger partial charge in [0.05, 0.1) is 0 Å². The second-order valence-electron chi connectivity index (χ2n) is 6.23. The molecule has 2 rings (SSSR count). The minimum absolute atomic E-state index is 0.205. The monoisotopic (exact) mass is 313 g/mol. The lowest BCUT2D eigenvalue weighted by Crippen LogP contribution is -2.33. The van der Waals surface area contributed by atoms with Gasteiger partial charge in [0.1, 0.15) is 18.5 Å². The summed E-state index contributed by atoms with van der Waals surface area (Å²) in [6.45, 7) is 7.21. The van der Waals surface area contributed by atoms with Crippen LogP contribution in [0.15, 0.2) is 54.6 Å². The first-order chi connectivity index (χ1) is 11.1. The molecule has 0 spiro atoms. The first-order valence-corrected chi connectivity index (χ1v) is 8.25. The molecule has 0 saturated heterocycles. The molecule has 3 nitrogen and oxygen atoms in total. The number of aliphatic hydroxyl groups excluding tert-OH is 1. The first-order valence-electron chi connectivity index (χ1n) is 8.25. The summed E-state index contributed by atoms with van der Waals surface area (Å²) >= 11 is 0. The van der Waals surface area contributed by atoms with Crippen LogP contribution in [0.3, 0.4) is 0 Å². The van der Waals surface area contributed by atoms with Crippen LogP contribution in [-0.2, 0) is 0 Å². The van der Waals surface area contributed by atoms with E-state index >= 15 is 0 Å². The largest absolute Gasteiger partial charge is 0.491 e. The highest BCUT2D eigenvalue weighted by atomic mass is 16.5. The van der Waals surface area contributed by atoms with Crippen molar-refractivity contribution in [3.8, 4) is 5.75 Å². The van der Waals surface area contributed by atoms with Crippen LogP contribution in [-0.4, -0.2) is 24.4 Å². The fourth-order valence-corrected chi connectivity index (χ4v) is 2.37. The van der Waals surface area contributed by atoms with Gasteiger partial charge in [-0.3, -0.25) is 0 Å². The molecule has 0 radical (unpaired) electrons. The normalized spacial score (nSPS) is 13.8. The zero-order valence-corrected chi connectivity index (χ0v) is 14.2. The smallest absolute Gasteiger partial charge is 0.119 e. The third kappa shape index (κ3) is 5.70. The minimum atomic E-state index is -0.536. The van der Waals surface area contributed by atoms with Crippen molar-refractivity contribution in [2.45, 2.75) is 38.8 Å². The number of benzene rings is 2. The van der Waals surface area contributed by atoms with Crippen LogP contribution in [0.1, 0.15) is 43.9 Å². The average molecular weight is 313 g/mol. The molecule has 0 unspecified atom stereocenters. The van der Waals surface area contributed by atoms with Crippen molar-refractivity contribution < 1.29 is 9.84 Å². The fourth-order valence-electron chi connectivity index (χ4n) is 2.37. The van der Waals surface area contributed by atoms with Crippen molar-refractivity contribution in [1.29, 1.82) is 0 Å². The Morgan fingerprint density at radius 2 is 1.57 bits per heavy atom. The predicted octanol–water partition coefficient (Wildman–Crippen LogP) is 3.90. The van der Waals surface area contributed by atoms with E-state index < -0.39 is 6.10 Å². The zero-order valence-electron chi connectivity index (χ0n) is 14.2. The number of ether oxygens (including phenoxy) is 1. The van der Waals surface area contributed by atoms with E-state index in [-0.39, 0.29) is 12.6 Å². The van der Waals surface area contributed by atoms with E-state index in [1.54, 1.807) is 0 Å². The molecule has 23 heavy (non-hydrogen) atoms. The number of aliphatic hydroxyl groups is 1. The summed E-state index contributed by atoms with van der Waals surface area (Å²) in [6, 6.07) is 18.5. The standard InChI is InChI=1S/C20H27NO2/c1-15(2)17-9-11-20(12-10-17)23-14-19(22)13-21-16(3)18-7-5-4-6-8-18/h4-12,15-16,19,21-22H,13-14H2,1-3H3/t16-,19+/m1/s1. The van der Waals surface area contributed by atoms with Gasteiger partial charge in [-0.15, -0.1) is 0 Å². The summed E-state index contributed by atoms with van der Waals surface area (Å²) in [5, 5.41) is 13.4. The molecule has 0 saturated carbocycles. The van der Waals surface area contributed by atoms with E-state index in [2.05, 4.69) is 50.4 Å². The molecule has 2 aromatic rings. The molecule has 3 heteroatoms. The molecule has 2 atom stereocenters. The SMILES string of the molecule is CC(C)c1ccc(OC[C@@H](O)CN[C@H](C)c2ccccc2)cc1. The molecule has 0 amide bonds. The van der Waals surface area contributed by atoms with Gasteiger partial charge in [-0.1, -0.05) is 56.3 Å². The van der Waals surface area contributed by atoms with Crippen LogP contribution in [0.2, 0.25) is 0 Å². The quantitative estimate of drug-likeness (QED) is 0.776. The van der Waals surface area contributed by atoms with Crippen molar-refractivity contribution in [2.24, 2.45) is 0 Å². The summed E-state index contributed by atoms with van der Waals surface area (Å²) in [4.78, 5) is 0. The number of rotatable bonds is 8. The van der Waals surface area contributed by atoms with E-state index in [1.165, 1.54) is 11.1 Å². The fraction of sp³-hybridized carbons (Fsp3) is 0.400. The van der Waals surface area contributed by atoms with Crippen LogP contribution in [0.5, 0.6) is 5.75 Å². The lowest BCUT2D eigenvalue weighted by molar-refractivity contribution is 0.104. The van der Waals surface area contributed by atoms with E-state index in [0.717, 1.165) is 5.75 Å². The van der Waals surface area contributed by atoms with Crippen LogP contribution >= 0.6 is 0 Å². The average Bonchev–Trinajstić information content (AvgIpc) is 2.59. The summed E-state index contributed by atoms with van der Waals surface area (Å²) in [5.41, 5.74) is 2.50. The Bertz CT molecular complexity index is 566. The van der Waals surface area contributed by atoms with Crippen LogP contribution in [0, 0.1) is 0 Å². The van der Waals surface area contributed by atoms with Gasteiger partial charge in [0.25, 0.3) is 0 Å². The second kappa shape index (κ2) is 8.70. The molecule has 0 heterocycles. The van der Waals surface area contributed by atoms with Crippen molar-refractivity contribution in [3.05, 3.63) is 65.7 Å². The van der Waals surface area contributed by atoms with Gasteiger partial charge in [0.15, 0.2) is 0 Å². The molecular formula is C20H27NO2. The van der Waals surface area contributed by atoms with Gasteiger partial charge in [0.2, 0.25) is 0 Å². The Kier molecular flexibility index (Phi) is 6.63. The summed E-state index contributed by atoms with van der Waals surface area (Å²) in [6.07, 6.45) is -0.536. The van der Waals surface area contributed by atoms with Gasteiger partial charge in [0, 0.05) is 12.6 Å². The van der Waals surface area contributed by atoms with Gasteiger partial charge >= 0.3 is 0 Å². The molecule has 2 aromatic carbocycles. The van der Waals surface area contributed by atoms with Crippen molar-refractivity contribution >= 4 is 0 Å². The van der Waals surface area contributed by atoms with E-state index in [0.29, 0.717) is 12.5 Å². The summed E-state index contributed by atoms with van der Waals surface area (Å²) < 4.78 is 5.65. The first kappa shape index (κ1) is 17.5. The molecule has 0 fully saturated rings. The van der Waals surface area contributed by atoms with Gasteiger partial charge in [-0.25, -0.2) is 0 Å². The lowest BCUT2D eigenvalue weighted by atomic mass is 10.0. The van der Waals surface area contributed by atoms with Gasteiger partial charge in [-0.05, 0) is 36.1 Å². The highest BCUT2D eigenvalue weighted by Crippen LogP contribution is 2.18. The second-order valence-corrected chi connectivity index (χ2v) is 6.23. The topological polar surface area (TPSA) is 41.5 Å². The third-order valence-corrected chi connectivity index (χ3v) is 3.95. The zero-order chi connectivity index (χ0) is 16.7. The number of hydrogen-bond acceptors (Lipinski definition) is 3. The molecule has 0 bridgehead atoms. The maximum Gasteiger partial charge on any atom is 0.119 e. The van der Waals surface area contributed by atoms with E-state index in [1.807, 2.05) is 30.3 Å². The Morgan fingerprint density at radius 3 is 2.17 bits per heavy atom. The van der Waals surface area contributed by atoms with E-state index in [9.17, 15) is 5.11 Å². The minimum Gasteiger partial charge on any atom is -0.491 e. The molecule has 0 aliphatic heterocycles. The molecular weight excluding hydrogens is 286 g/mol. The Morgan fingerprint density at radius 1 is 0.913 bits per heavy atom. The molecule has 0 aliphatic rings. The van der Waals surface area contributed by atoms with Gasteiger partial charge < -0.3 is 15.2 Å². The third-order valence-electron chi connectivity index (χ3n) is 3.95. The molecule has 0 aliphatic carbocycles. The van der Waals surface area contributed by atoms with Crippen LogP contribution < -0.4 is 10.1 Å². The maximum absolute atomic E-state index is 10.1. The molecule has 0 aromatic heterocycles. The van der Waals surface area contributed by atoms with Gasteiger partial charge in [-0.2, -0.15) is 0 Å². The lowest BCUT2D eigenvalue weighted by Gasteiger charge is -2.18. The van der Waals surface area contributed by atoms with Crippen molar-refractivity contribution in [2.75, 3.05) is 13.2 Å². The van der Waals surface area contributed by atoms with E-state index in [4.69, 9.17) is 4.74 Å². The number of hydrogen-bond donors (Lipinski definition) is 2. The van der Waals surface area contributed by atoms with Crippen LogP contribution in [0.25, 0.3) is 0 Å². The Labute approximate surface area is 139 Å². The highest BCUT2D eigenvalue weighted by Gasteiger charge is 2.09. The maximum atomic E-state index is 10.1. The van der Waals surface area contributed by atoms with Crippen LogP contribution in [0.4, 0.5) is 0 Å². The number of nitrogens with one attached hydrogen (secondary N) is 1. The molecule has 124 valence electrons.